The number of hydrogen-bond acceptors (Lipinski definition) is 1. The van der Waals surface area contributed by atoms with E-state index < -0.39 is 0 Å². The number of nitrogens with one attached hydrogen (secondary N) is 1. The lowest BCUT2D eigenvalue weighted by Crippen LogP contribution is -2.10. The highest BCUT2D eigenvalue weighted by Crippen LogP contribution is 2.23. The molecule has 0 aliphatic carbocycles. The van der Waals surface area contributed by atoms with E-state index in [9.17, 15) is 0 Å². The summed E-state index contributed by atoms with van der Waals surface area (Å²) < 4.78 is 0. The van der Waals surface area contributed by atoms with Gasteiger partial charge in [-0.2, -0.15) is 0 Å². The minimum atomic E-state index is 0.249. The maximum Gasteiger partial charge on any atom is 0.0368 e. The Morgan fingerprint density at radius 1 is 1.08 bits per heavy atom. The molecule has 1 atom stereocenters. The third kappa shape index (κ3) is 2.22. The molecule has 1 aromatic rings. The SMILES string of the molecule is CC(C)(C)c1ccc(NP)cc1. The second kappa shape index (κ2) is 3.45. The highest BCUT2D eigenvalue weighted by atomic mass is 31.0. The summed E-state index contributed by atoms with van der Waals surface area (Å²) in [7, 11) is 2.49. The second-order valence-corrected chi connectivity index (χ2v) is 4.26. The average molecular weight is 181 g/mol. The lowest BCUT2D eigenvalue weighted by molar-refractivity contribution is 0.590. The number of rotatable bonds is 1. The van der Waals surface area contributed by atoms with Gasteiger partial charge >= 0.3 is 0 Å². The van der Waals surface area contributed by atoms with E-state index in [2.05, 4.69) is 59.5 Å². The third-order valence-corrected chi connectivity index (χ3v) is 2.25. The van der Waals surface area contributed by atoms with Crippen LogP contribution in [0.5, 0.6) is 0 Å². The van der Waals surface area contributed by atoms with Crippen molar-refractivity contribution in [1.29, 1.82) is 0 Å². The molecular weight excluding hydrogens is 165 g/mol. The van der Waals surface area contributed by atoms with Crippen molar-refractivity contribution in [2.45, 2.75) is 26.2 Å². The summed E-state index contributed by atoms with van der Waals surface area (Å²) in [4.78, 5) is 0. The molecule has 1 rings (SSSR count). The third-order valence-electron chi connectivity index (χ3n) is 1.92. The maximum atomic E-state index is 3.02. The quantitative estimate of drug-likeness (QED) is 0.656. The van der Waals surface area contributed by atoms with E-state index >= 15 is 0 Å². The van der Waals surface area contributed by atoms with E-state index in [0.29, 0.717) is 0 Å². The fourth-order valence-corrected chi connectivity index (χ4v) is 1.26. The van der Waals surface area contributed by atoms with Crippen LogP contribution in [0.4, 0.5) is 5.69 Å². The Labute approximate surface area is 76.8 Å². The smallest absolute Gasteiger partial charge is 0.0368 e. The summed E-state index contributed by atoms with van der Waals surface area (Å²) in [6.07, 6.45) is 0. The van der Waals surface area contributed by atoms with Gasteiger partial charge in [-0.15, -0.1) is 0 Å². The van der Waals surface area contributed by atoms with E-state index in [1.54, 1.807) is 0 Å². The minimum absolute atomic E-state index is 0.249. The first-order valence-electron chi connectivity index (χ1n) is 4.11. The van der Waals surface area contributed by atoms with Crippen LogP contribution in [0.15, 0.2) is 24.3 Å². The van der Waals surface area contributed by atoms with Gasteiger partial charge in [-0.3, -0.25) is 0 Å². The van der Waals surface area contributed by atoms with Gasteiger partial charge in [0.05, 0.1) is 0 Å². The molecule has 1 unspecified atom stereocenters. The number of benzene rings is 1. The summed E-state index contributed by atoms with van der Waals surface area (Å²) in [5.74, 6) is 0. The van der Waals surface area contributed by atoms with Crippen LogP contribution in [0.1, 0.15) is 26.3 Å². The highest BCUT2D eigenvalue weighted by Gasteiger charge is 2.12. The number of hydrogen-bond donors (Lipinski definition) is 1. The molecule has 0 radical (unpaired) electrons. The van der Waals surface area contributed by atoms with Crippen LogP contribution in [0, 0.1) is 0 Å². The lowest BCUT2D eigenvalue weighted by Gasteiger charge is -2.18. The Morgan fingerprint density at radius 2 is 1.58 bits per heavy atom. The molecule has 0 aliphatic rings. The van der Waals surface area contributed by atoms with Crippen LogP contribution >= 0.6 is 9.39 Å². The Hall–Kier alpha value is -0.550. The second-order valence-electron chi connectivity index (χ2n) is 3.97. The van der Waals surface area contributed by atoms with Gasteiger partial charge < -0.3 is 5.09 Å². The standard InChI is InChI=1S/C10H16NP/c1-10(2,3)8-4-6-9(11-12)7-5-8/h4-7,11H,12H2,1-3H3. The van der Waals surface area contributed by atoms with Gasteiger partial charge in [0.25, 0.3) is 0 Å². The first kappa shape index (κ1) is 9.54. The summed E-state index contributed by atoms with van der Waals surface area (Å²) in [5, 5.41) is 3.02. The van der Waals surface area contributed by atoms with Gasteiger partial charge in [0.2, 0.25) is 0 Å². The molecule has 0 bridgehead atoms. The molecule has 0 aliphatic heterocycles. The molecule has 12 heavy (non-hydrogen) atoms. The molecule has 0 amide bonds. The zero-order valence-corrected chi connectivity index (χ0v) is 9.04. The Bertz CT molecular complexity index is 246. The first-order valence-corrected chi connectivity index (χ1v) is 4.69. The van der Waals surface area contributed by atoms with Crippen LogP contribution < -0.4 is 5.09 Å². The van der Waals surface area contributed by atoms with Crippen LogP contribution in [-0.2, 0) is 5.41 Å². The number of anilines is 1. The molecule has 66 valence electrons. The molecule has 0 saturated heterocycles. The predicted molar refractivity (Wildman–Crippen MR) is 58.5 cm³/mol. The summed E-state index contributed by atoms with van der Waals surface area (Å²) in [5.41, 5.74) is 2.75. The van der Waals surface area contributed by atoms with Crippen molar-refractivity contribution in [3.8, 4) is 0 Å². The van der Waals surface area contributed by atoms with Crippen molar-refractivity contribution >= 4 is 15.1 Å². The molecule has 0 saturated carbocycles. The Kier molecular flexibility index (Phi) is 2.74. The van der Waals surface area contributed by atoms with Crippen LogP contribution in [0.2, 0.25) is 0 Å². The largest absolute Gasteiger partial charge is 0.369 e. The van der Waals surface area contributed by atoms with E-state index in [0.717, 1.165) is 5.69 Å². The average Bonchev–Trinajstić information content (AvgIpc) is 2.03. The van der Waals surface area contributed by atoms with Crippen molar-refractivity contribution in [2.75, 3.05) is 5.09 Å². The monoisotopic (exact) mass is 181 g/mol. The van der Waals surface area contributed by atoms with Gasteiger partial charge in [-0.1, -0.05) is 32.9 Å². The molecule has 2 heteroatoms. The molecule has 1 N–H and O–H groups in total. The zero-order valence-electron chi connectivity index (χ0n) is 7.89. The van der Waals surface area contributed by atoms with Crippen LogP contribution in [0.25, 0.3) is 0 Å². The fraction of sp³-hybridized carbons (Fsp3) is 0.400. The predicted octanol–water partition coefficient (Wildman–Crippen LogP) is 3.19. The van der Waals surface area contributed by atoms with Gasteiger partial charge in [0, 0.05) is 5.69 Å². The summed E-state index contributed by atoms with van der Waals surface area (Å²) >= 11 is 0. The maximum absolute atomic E-state index is 3.02. The lowest BCUT2D eigenvalue weighted by atomic mass is 9.87. The van der Waals surface area contributed by atoms with E-state index in [4.69, 9.17) is 0 Å². The van der Waals surface area contributed by atoms with Crippen molar-refractivity contribution in [3.63, 3.8) is 0 Å². The van der Waals surface area contributed by atoms with Crippen LogP contribution in [0.3, 0.4) is 0 Å². The Morgan fingerprint density at radius 3 is 1.92 bits per heavy atom. The summed E-state index contributed by atoms with van der Waals surface area (Å²) in [6, 6.07) is 8.50. The van der Waals surface area contributed by atoms with E-state index in [1.165, 1.54) is 5.56 Å². The van der Waals surface area contributed by atoms with Crippen molar-refractivity contribution in [3.05, 3.63) is 29.8 Å². The Balaban J connectivity index is 2.93. The molecule has 1 nitrogen and oxygen atoms in total. The van der Waals surface area contributed by atoms with Crippen LogP contribution in [-0.4, -0.2) is 0 Å². The van der Waals surface area contributed by atoms with Crippen molar-refractivity contribution in [2.24, 2.45) is 0 Å². The van der Waals surface area contributed by atoms with Gasteiger partial charge in [-0.05, 0) is 32.5 Å². The van der Waals surface area contributed by atoms with E-state index in [-0.39, 0.29) is 5.41 Å². The molecule has 1 aromatic carbocycles. The molecular formula is C10H16NP. The topological polar surface area (TPSA) is 12.0 Å². The molecule has 0 aromatic heterocycles. The normalized spacial score (nSPS) is 11.3. The van der Waals surface area contributed by atoms with Crippen molar-refractivity contribution in [1.82, 2.24) is 0 Å². The van der Waals surface area contributed by atoms with Gasteiger partial charge in [0.15, 0.2) is 0 Å². The first-order chi connectivity index (χ1) is 5.54. The highest BCUT2D eigenvalue weighted by molar-refractivity contribution is 7.18. The van der Waals surface area contributed by atoms with Crippen molar-refractivity contribution < 1.29 is 0 Å². The van der Waals surface area contributed by atoms with Gasteiger partial charge in [-0.25, -0.2) is 0 Å². The minimum Gasteiger partial charge on any atom is -0.369 e. The molecule has 0 fully saturated rings. The van der Waals surface area contributed by atoms with Gasteiger partial charge in [0.1, 0.15) is 0 Å². The molecule has 0 spiro atoms. The van der Waals surface area contributed by atoms with E-state index in [1.807, 2.05) is 0 Å². The zero-order chi connectivity index (χ0) is 9.19. The summed E-state index contributed by atoms with van der Waals surface area (Å²) in [6.45, 7) is 6.66. The molecule has 0 heterocycles. The fourth-order valence-electron chi connectivity index (χ4n) is 1.07.